The predicted octanol–water partition coefficient (Wildman–Crippen LogP) is 12.4. The lowest BCUT2D eigenvalue weighted by Gasteiger charge is -2.18. The summed E-state index contributed by atoms with van der Waals surface area (Å²) in [5, 5.41) is 0. The fourth-order valence-electron chi connectivity index (χ4n) is 5.92. The van der Waals surface area contributed by atoms with Crippen LogP contribution in [0.1, 0.15) is 220 Å². The van der Waals surface area contributed by atoms with Gasteiger partial charge < -0.3 is 14.2 Å². The first-order chi connectivity index (χ1) is 22.9. The number of esters is 3. The molecule has 0 bridgehead atoms. The quantitative estimate of drug-likeness (QED) is 0.0376. The zero-order chi connectivity index (χ0) is 34.6. The Bertz CT molecular complexity index is 706. The minimum atomic E-state index is -0.756. The molecule has 278 valence electrons. The summed E-state index contributed by atoms with van der Waals surface area (Å²) in [6, 6.07) is 0. The fraction of sp³-hybridized carbons (Fsp3) is 0.927. The Kier molecular flexibility index (Phi) is 34.5. The second-order valence-corrected chi connectivity index (χ2v) is 14.4. The van der Waals surface area contributed by atoms with Crippen LogP contribution in [0.2, 0.25) is 0 Å². The highest BCUT2D eigenvalue weighted by Crippen LogP contribution is 2.15. The van der Waals surface area contributed by atoms with Crippen LogP contribution in [0.25, 0.3) is 0 Å². The van der Waals surface area contributed by atoms with Crippen molar-refractivity contribution in [1.82, 2.24) is 0 Å². The average molecular weight is 667 g/mol. The fourth-order valence-corrected chi connectivity index (χ4v) is 5.92. The minimum Gasteiger partial charge on any atom is -0.462 e. The van der Waals surface area contributed by atoms with E-state index in [-0.39, 0.29) is 31.1 Å². The van der Waals surface area contributed by atoms with E-state index in [0.29, 0.717) is 19.3 Å². The average Bonchev–Trinajstić information content (AvgIpc) is 3.05. The third kappa shape index (κ3) is 35.5. The molecule has 47 heavy (non-hydrogen) atoms. The van der Waals surface area contributed by atoms with Crippen LogP contribution in [0.3, 0.4) is 0 Å². The van der Waals surface area contributed by atoms with Crippen LogP contribution in [0.4, 0.5) is 0 Å². The molecule has 0 aliphatic heterocycles. The molecule has 0 aromatic carbocycles. The highest BCUT2D eigenvalue weighted by atomic mass is 16.6. The molecular formula is C41H78O6. The molecule has 0 fully saturated rings. The first-order valence-corrected chi connectivity index (χ1v) is 20.4. The third-order valence-electron chi connectivity index (χ3n) is 9.04. The number of hydrogen-bond acceptors (Lipinski definition) is 6. The van der Waals surface area contributed by atoms with Gasteiger partial charge in [0.25, 0.3) is 0 Å². The van der Waals surface area contributed by atoms with E-state index in [4.69, 9.17) is 14.2 Å². The van der Waals surface area contributed by atoms with E-state index in [1.54, 1.807) is 0 Å². The van der Waals surface area contributed by atoms with Gasteiger partial charge in [0.2, 0.25) is 0 Å². The van der Waals surface area contributed by atoms with Gasteiger partial charge in [-0.25, -0.2) is 0 Å². The molecule has 0 aliphatic carbocycles. The zero-order valence-corrected chi connectivity index (χ0v) is 31.7. The summed E-state index contributed by atoms with van der Waals surface area (Å²) in [4.78, 5) is 37.2. The summed E-state index contributed by atoms with van der Waals surface area (Å²) in [6.07, 6.45) is 32.6. The molecule has 6 nitrogen and oxygen atoms in total. The van der Waals surface area contributed by atoms with Gasteiger partial charge in [-0.15, -0.1) is 0 Å². The molecule has 0 saturated heterocycles. The molecule has 0 aliphatic rings. The van der Waals surface area contributed by atoms with Crippen molar-refractivity contribution >= 4 is 17.9 Å². The van der Waals surface area contributed by atoms with E-state index in [2.05, 4.69) is 27.7 Å². The topological polar surface area (TPSA) is 78.9 Å². The van der Waals surface area contributed by atoms with Crippen molar-refractivity contribution in [2.45, 2.75) is 226 Å². The molecule has 0 aromatic heterocycles. The first kappa shape index (κ1) is 45.4. The highest BCUT2D eigenvalue weighted by molar-refractivity contribution is 5.71. The van der Waals surface area contributed by atoms with Crippen LogP contribution < -0.4 is 0 Å². The number of rotatable bonds is 36. The normalized spacial score (nSPS) is 11.9. The molecule has 6 heteroatoms. The van der Waals surface area contributed by atoms with Crippen LogP contribution in [-0.4, -0.2) is 37.2 Å². The number of carbonyl (C=O) groups excluding carboxylic acids is 3. The van der Waals surface area contributed by atoms with Crippen LogP contribution in [0, 0.1) is 5.92 Å². The summed E-state index contributed by atoms with van der Waals surface area (Å²) in [7, 11) is 0. The van der Waals surface area contributed by atoms with Crippen molar-refractivity contribution in [3.8, 4) is 0 Å². The predicted molar refractivity (Wildman–Crippen MR) is 196 cm³/mol. The number of hydrogen-bond donors (Lipinski definition) is 0. The lowest BCUT2D eigenvalue weighted by Crippen LogP contribution is -2.30. The smallest absolute Gasteiger partial charge is 0.306 e. The van der Waals surface area contributed by atoms with Gasteiger partial charge in [0, 0.05) is 19.3 Å². The van der Waals surface area contributed by atoms with E-state index in [0.717, 1.165) is 70.1 Å². The molecule has 0 heterocycles. The summed E-state index contributed by atoms with van der Waals surface area (Å²) < 4.78 is 16.5. The molecular weight excluding hydrogens is 588 g/mol. The van der Waals surface area contributed by atoms with E-state index < -0.39 is 6.10 Å². The molecule has 0 spiro atoms. The molecule has 1 atom stereocenters. The van der Waals surface area contributed by atoms with E-state index >= 15 is 0 Å². The van der Waals surface area contributed by atoms with Gasteiger partial charge in [0.1, 0.15) is 13.2 Å². The Morgan fingerprint density at radius 2 is 0.702 bits per heavy atom. The molecule has 0 amide bonds. The van der Waals surface area contributed by atoms with Crippen molar-refractivity contribution in [3.63, 3.8) is 0 Å². The SMILES string of the molecule is CCCCCCCCCCCCC(=O)O[C@@H](COC(=O)CCCCCCC)COC(=O)CCCCCCCCCCCCCC(C)C. The van der Waals surface area contributed by atoms with E-state index in [1.165, 1.54) is 109 Å². The summed E-state index contributed by atoms with van der Waals surface area (Å²) in [5.41, 5.74) is 0. The van der Waals surface area contributed by atoms with Gasteiger partial charge in [-0.1, -0.05) is 182 Å². The van der Waals surface area contributed by atoms with E-state index in [1.807, 2.05) is 0 Å². The first-order valence-electron chi connectivity index (χ1n) is 20.4. The zero-order valence-electron chi connectivity index (χ0n) is 31.7. The molecule has 0 saturated carbocycles. The summed E-state index contributed by atoms with van der Waals surface area (Å²) in [6.45, 7) is 8.88. The minimum absolute atomic E-state index is 0.0656. The molecule has 0 N–H and O–H groups in total. The maximum atomic E-state index is 12.6. The monoisotopic (exact) mass is 667 g/mol. The van der Waals surface area contributed by atoms with Crippen molar-refractivity contribution in [2.75, 3.05) is 13.2 Å². The van der Waals surface area contributed by atoms with Gasteiger partial charge in [-0.2, -0.15) is 0 Å². The van der Waals surface area contributed by atoms with Crippen molar-refractivity contribution < 1.29 is 28.6 Å². The van der Waals surface area contributed by atoms with E-state index in [9.17, 15) is 14.4 Å². The standard InChI is InChI=1S/C41H78O6/c1-5-7-9-11-12-13-18-22-26-30-34-41(44)47-38(35-45-39(42)32-28-23-10-8-6-2)36-46-40(43)33-29-25-21-19-16-14-15-17-20-24-27-31-37(3)4/h37-38H,5-36H2,1-4H3/t38-/m0/s1. The Balaban J connectivity index is 4.22. The number of carbonyl (C=O) groups is 3. The molecule has 0 unspecified atom stereocenters. The van der Waals surface area contributed by atoms with Gasteiger partial charge in [0.05, 0.1) is 0 Å². The van der Waals surface area contributed by atoms with Crippen LogP contribution in [0.5, 0.6) is 0 Å². The Hall–Kier alpha value is -1.59. The Morgan fingerprint density at radius 3 is 1.04 bits per heavy atom. The lowest BCUT2D eigenvalue weighted by atomic mass is 10.0. The maximum Gasteiger partial charge on any atom is 0.306 e. The number of unbranched alkanes of at least 4 members (excludes halogenated alkanes) is 23. The molecule has 0 rings (SSSR count). The van der Waals surface area contributed by atoms with Crippen LogP contribution in [-0.2, 0) is 28.6 Å². The highest BCUT2D eigenvalue weighted by Gasteiger charge is 2.19. The van der Waals surface area contributed by atoms with Gasteiger partial charge in [0.15, 0.2) is 6.10 Å². The third-order valence-corrected chi connectivity index (χ3v) is 9.04. The largest absolute Gasteiger partial charge is 0.462 e. The summed E-state index contributed by atoms with van der Waals surface area (Å²) in [5.74, 6) is -0.0495. The lowest BCUT2D eigenvalue weighted by molar-refractivity contribution is -0.167. The Morgan fingerprint density at radius 1 is 0.404 bits per heavy atom. The van der Waals surface area contributed by atoms with Gasteiger partial charge in [-0.05, 0) is 25.2 Å². The van der Waals surface area contributed by atoms with Crippen molar-refractivity contribution in [1.29, 1.82) is 0 Å². The maximum absolute atomic E-state index is 12.6. The summed E-state index contributed by atoms with van der Waals surface area (Å²) >= 11 is 0. The van der Waals surface area contributed by atoms with Crippen LogP contribution in [0.15, 0.2) is 0 Å². The second kappa shape index (κ2) is 35.7. The van der Waals surface area contributed by atoms with Crippen LogP contribution >= 0.6 is 0 Å². The molecule has 0 aromatic rings. The van der Waals surface area contributed by atoms with Crippen molar-refractivity contribution in [2.24, 2.45) is 5.92 Å². The van der Waals surface area contributed by atoms with Crippen molar-refractivity contribution in [3.05, 3.63) is 0 Å². The number of ether oxygens (including phenoxy) is 3. The van der Waals surface area contributed by atoms with Gasteiger partial charge in [-0.3, -0.25) is 14.4 Å². The van der Waals surface area contributed by atoms with Gasteiger partial charge >= 0.3 is 17.9 Å². The second-order valence-electron chi connectivity index (χ2n) is 14.4. The Labute approximate surface area is 291 Å². The molecule has 0 radical (unpaired) electrons.